The highest BCUT2D eigenvalue weighted by molar-refractivity contribution is 7.99. The Morgan fingerprint density at radius 2 is 1.90 bits per heavy atom. The first-order chi connectivity index (χ1) is 10.1. The number of halogens is 1. The van der Waals surface area contributed by atoms with E-state index in [1.807, 2.05) is 30.3 Å². The molecule has 0 radical (unpaired) electrons. The molecule has 0 bridgehead atoms. The van der Waals surface area contributed by atoms with Crippen LogP contribution in [-0.4, -0.2) is 13.2 Å². The van der Waals surface area contributed by atoms with E-state index < -0.39 is 0 Å². The summed E-state index contributed by atoms with van der Waals surface area (Å²) in [6.45, 7) is 2.11. The summed E-state index contributed by atoms with van der Waals surface area (Å²) in [5.41, 5.74) is 7.48. The summed E-state index contributed by atoms with van der Waals surface area (Å²) in [5, 5.41) is 0.929. The number of rotatable bonds is 6. The molecule has 112 valence electrons. The molecule has 0 saturated carbocycles. The van der Waals surface area contributed by atoms with Crippen molar-refractivity contribution in [2.45, 2.75) is 29.5 Å². The largest absolute Gasteiger partial charge is 0.497 e. The summed E-state index contributed by atoms with van der Waals surface area (Å²) in [4.78, 5) is 1.17. The van der Waals surface area contributed by atoms with Crippen LogP contribution in [0.2, 0.25) is 5.02 Å². The molecular formula is C17H20ClNOS. The molecule has 0 fully saturated rings. The predicted molar refractivity (Wildman–Crippen MR) is 91.3 cm³/mol. The van der Waals surface area contributed by atoms with Gasteiger partial charge in [-0.05, 0) is 48.4 Å². The number of methoxy groups -OCH3 is 1. The Morgan fingerprint density at radius 1 is 1.19 bits per heavy atom. The maximum absolute atomic E-state index is 6.31. The molecule has 2 unspecified atom stereocenters. The zero-order chi connectivity index (χ0) is 15.2. The Labute approximate surface area is 135 Å². The van der Waals surface area contributed by atoms with Crippen LogP contribution in [0.4, 0.5) is 0 Å². The number of hydrogen-bond donors (Lipinski definition) is 1. The lowest BCUT2D eigenvalue weighted by atomic mass is 10.0. The first kappa shape index (κ1) is 16.2. The van der Waals surface area contributed by atoms with E-state index in [1.165, 1.54) is 4.90 Å². The van der Waals surface area contributed by atoms with E-state index in [2.05, 4.69) is 25.1 Å². The highest BCUT2D eigenvalue weighted by Crippen LogP contribution is 2.39. The molecule has 0 heterocycles. The molecule has 2 nitrogen and oxygen atoms in total. The maximum Gasteiger partial charge on any atom is 0.118 e. The van der Waals surface area contributed by atoms with Gasteiger partial charge in [0.1, 0.15) is 5.75 Å². The van der Waals surface area contributed by atoms with Gasteiger partial charge < -0.3 is 10.5 Å². The van der Waals surface area contributed by atoms with Crippen molar-refractivity contribution in [3.8, 4) is 5.75 Å². The fourth-order valence-electron chi connectivity index (χ4n) is 2.10. The summed E-state index contributed by atoms with van der Waals surface area (Å²) in [5.74, 6) is 0.860. The lowest BCUT2D eigenvalue weighted by molar-refractivity contribution is 0.414. The molecule has 2 N–H and O–H groups in total. The first-order valence-corrected chi connectivity index (χ1v) is 8.21. The van der Waals surface area contributed by atoms with Gasteiger partial charge >= 0.3 is 0 Å². The van der Waals surface area contributed by atoms with Crippen LogP contribution in [0.15, 0.2) is 53.4 Å². The summed E-state index contributed by atoms with van der Waals surface area (Å²) in [6.07, 6.45) is 0.917. The fourth-order valence-corrected chi connectivity index (χ4v) is 3.54. The van der Waals surface area contributed by atoms with Crippen LogP contribution in [0.5, 0.6) is 5.75 Å². The summed E-state index contributed by atoms with van der Waals surface area (Å²) < 4.78 is 5.19. The molecule has 0 saturated heterocycles. The molecule has 0 aliphatic heterocycles. The average Bonchev–Trinajstić information content (AvgIpc) is 2.52. The summed E-state index contributed by atoms with van der Waals surface area (Å²) in [7, 11) is 1.67. The van der Waals surface area contributed by atoms with Gasteiger partial charge in [0.2, 0.25) is 0 Å². The first-order valence-electron chi connectivity index (χ1n) is 6.95. The third kappa shape index (κ3) is 4.40. The van der Waals surface area contributed by atoms with E-state index in [0.717, 1.165) is 22.8 Å². The van der Waals surface area contributed by atoms with E-state index in [0.29, 0.717) is 0 Å². The van der Waals surface area contributed by atoms with E-state index >= 15 is 0 Å². The molecule has 0 spiro atoms. The number of benzene rings is 2. The van der Waals surface area contributed by atoms with Gasteiger partial charge in [-0.25, -0.2) is 0 Å². The normalized spacial score (nSPS) is 13.7. The van der Waals surface area contributed by atoms with Crippen molar-refractivity contribution in [2.75, 3.05) is 7.11 Å². The molecule has 0 aliphatic carbocycles. The Balaban J connectivity index is 2.23. The third-order valence-corrected chi connectivity index (χ3v) is 5.02. The van der Waals surface area contributed by atoms with Crippen molar-refractivity contribution < 1.29 is 4.74 Å². The van der Waals surface area contributed by atoms with Gasteiger partial charge in [0.05, 0.1) is 7.11 Å². The Morgan fingerprint density at radius 3 is 2.48 bits per heavy atom. The van der Waals surface area contributed by atoms with Crippen LogP contribution >= 0.6 is 23.4 Å². The van der Waals surface area contributed by atoms with E-state index in [4.69, 9.17) is 22.1 Å². The minimum absolute atomic E-state index is 0.0792. The van der Waals surface area contributed by atoms with E-state index in [1.54, 1.807) is 18.9 Å². The second kappa shape index (κ2) is 7.74. The Bertz CT molecular complexity index is 573. The second-order valence-corrected chi connectivity index (χ2v) is 6.49. The van der Waals surface area contributed by atoms with Gasteiger partial charge in [0, 0.05) is 21.2 Å². The topological polar surface area (TPSA) is 35.2 Å². The molecule has 2 aromatic rings. The van der Waals surface area contributed by atoms with Crippen LogP contribution in [0.25, 0.3) is 0 Å². The van der Waals surface area contributed by atoms with Gasteiger partial charge in [0.15, 0.2) is 0 Å². The Kier molecular flexibility index (Phi) is 5.97. The summed E-state index contributed by atoms with van der Waals surface area (Å²) >= 11 is 7.88. The second-order valence-electron chi connectivity index (χ2n) is 4.84. The van der Waals surface area contributed by atoms with Crippen molar-refractivity contribution in [1.29, 1.82) is 0 Å². The predicted octanol–water partition coefficient (Wildman–Crippen LogP) is 4.92. The molecule has 2 atom stereocenters. The van der Waals surface area contributed by atoms with Crippen molar-refractivity contribution in [3.63, 3.8) is 0 Å². The summed E-state index contributed by atoms with van der Waals surface area (Å²) in [6, 6.07) is 16.1. The van der Waals surface area contributed by atoms with Crippen molar-refractivity contribution in [2.24, 2.45) is 5.73 Å². The third-order valence-electron chi connectivity index (χ3n) is 3.36. The van der Waals surface area contributed by atoms with Crippen LogP contribution in [0.3, 0.4) is 0 Å². The van der Waals surface area contributed by atoms with Gasteiger partial charge in [-0.15, -0.1) is 11.8 Å². The van der Waals surface area contributed by atoms with Crippen molar-refractivity contribution in [1.82, 2.24) is 0 Å². The molecule has 21 heavy (non-hydrogen) atoms. The lowest BCUT2D eigenvalue weighted by Gasteiger charge is -2.23. The lowest BCUT2D eigenvalue weighted by Crippen LogP contribution is -2.25. The van der Waals surface area contributed by atoms with Crippen LogP contribution in [0, 0.1) is 0 Å². The molecule has 0 aliphatic rings. The highest BCUT2D eigenvalue weighted by atomic mass is 35.5. The molecule has 0 amide bonds. The zero-order valence-electron chi connectivity index (χ0n) is 12.3. The van der Waals surface area contributed by atoms with Gasteiger partial charge in [-0.2, -0.15) is 0 Å². The zero-order valence-corrected chi connectivity index (χ0v) is 13.8. The highest BCUT2D eigenvalue weighted by Gasteiger charge is 2.20. The minimum atomic E-state index is 0.0792. The van der Waals surface area contributed by atoms with E-state index in [9.17, 15) is 0 Å². The quantitative estimate of drug-likeness (QED) is 0.767. The molecule has 0 aromatic heterocycles. The number of nitrogens with two attached hydrogens (primary N) is 1. The van der Waals surface area contributed by atoms with Crippen LogP contribution in [0.1, 0.15) is 24.2 Å². The van der Waals surface area contributed by atoms with Crippen molar-refractivity contribution in [3.05, 3.63) is 59.1 Å². The molecular weight excluding hydrogens is 302 g/mol. The van der Waals surface area contributed by atoms with Crippen LogP contribution in [-0.2, 0) is 0 Å². The van der Waals surface area contributed by atoms with Crippen LogP contribution < -0.4 is 10.5 Å². The number of thioether (sulfide) groups is 1. The monoisotopic (exact) mass is 321 g/mol. The Hall–Kier alpha value is -1.16. The maximum atomic E-state index is 6.31. The molecule has 2 rings (SSSR count). The van der Waals surface area contributed by atoms with E-state index in [-0.39, 0.29) is 11.3 Å². The molecule has 2 aromatic carbocycles. The smallest absolute Gasteiger partial charge is 0.118 e. The number of hydrogen-bond acceptors (Lipinski definition) is 3. The minimum Gasteiger partial charge on any atom is -0.497 e. The van der Waals surface area contributed by atoms with Gasteiger partial charge in [-0.1, -0.05) is 30.7 Å². The van der Waals surface area contributed by atoms with Crippen molar-refractivity contribution >= 4 is 23.4 Å². The SMILES string of the molecule is CCC(N)C(Sc1ccc(OC)cc1)c1cccc(Cl)c1. The molecule has 4 heteroatoms. The number of ether oxygens (including phenoxy) is 1. The fraction of sp³-hybridized carbons (Fsp3) is 0.294. The average molecular weight is 322 g/mol. The van der Waals surface area contributed by atoms with Gasteiger partial charge in [-0.3, -0.25) is 0 Å². The standard InChI is InChI=1S/C17H20ClNOS/c1-3-16(19)17(12-5-4-6-13(18)11-12)21-15-9-7-14(20-2)8-10-15/h4-11,16-17H,3,19H2,1-2H3. The van der Waals surface area contributed by atoms with Gasteiger partial charge in [0.25, 0.3) is 0 Å².